The van der Waals surface area contributed by atoms with Crippen molar-refractivity contribution in [1.29, 1.82) is 0 Å². The quantitative estimate of drug-likeness (QED) is 0.174. The van der Waals surface area contributed by atoms with Gasteiger partial charge in [-0.3, -0.25) is 14.4 Å². The number of hydroxylamine groups is 1. The largest absolute Gasteiger partial charge is 0.493 e. The summed E-state index contributed by atoms with van der Waals surface area (Å²) >= 11 is 6.11. The van der Waals surface area contributed by atoms with Crippen LogP contribution in [0.4, 0.5) is 11.4 Å². The van der Waals surface area contributed by atoms with E-state index >= 15 is 0 Å². The van der Waals surface area contributed by atoms with Crippen LogP contribution in [-0.2, 0) is 14.4 Å². The Balaban J connectivity index is 1.39. The fourth-order valence-corrected chi connectivity index (χ4v) is 5.21. The molecule has 0 radical (unpaired) electrons. The molecule has 0 aromatic heterocycles. The van der Waals surface area contributed by atoms with Crippen LogP contribution in [0.25, 0.3) is 0 Å². The lowest BCUT2D eigenvalue weighted by molar-refractivity contribution is -0.126. The lowest BCUT2D eigenvalue weighted by Crippen LogP contribution is -2.37. The average Bonchev–Trinajstić information content (AvgIpc) is 3.50. The standard InChI is InChI=1S/C31H23ClN2O6/c1-38-25-18-20(12-17-24(25)39-31(37)19-8-4-2-5-9-19)27-26-28(40-34(27)23-15-13-21(32)14-16-23)30(36)33(29(26)35)22-10-6-3-7-11-22/h2-18,26-28H,1H3/t26-,27-,28+/m1/s1. The van der Waals surface area contributed by atoms with Gasteiger partial charge in [0.2, 0.25) is 5.91 Å². The summed E-state index contributed by atoms with van der Waals surface area (Å²) in [5.41, 5.74) is 2.13. The number of imide groups is 1. The Morgan fingerprint density at radius 1 is 0.800 bits per heavy atom. The molecule has 3 atom stereocenters. The summed E-state index contributed by atoms with van der Waals surface area (Å²) in [6.07, 6.45) is -1.03. The third-order valence-electron chi connectivity index (χ3n) is 6.95. The second kappa shape index (κ2) is 10.5. The molecule has 8 nitrogen and oxygen atoms in total. The number of carbonyl (C=O) groups excluding carboxylic acids is 3. The number of halogens is 1. The first-order valence-electron chi connectivity index (χ1n) is 12.6. The summed E-state index contributed by atoms with van der Waals surface area (Å²) < 4.78 is 11.2. The number of esters is 1. The average molecular weight is 555 g/mol. The van der Waals surface area contributed by atoms with E-state index in [4.69, 9.17) is 25.9 Å². The smallest absolute Gasteiger partial charge is 0.343 e. The lowest BCUT2D eigenvalue weighted by atomic mass is 9.90. The summed E-state index contributed by atoms with van der Waals surface area (Å²) in [5, 5.41) is 2.10. The molecule has 0 N–H and O–H groups in total. The Kier molecular flexibility index (Phi) is 6.71. The molecule has 0 aliphatic carbocycles. The van der Waals surface area contributed by atoms with Gasteiger partial charge in [0.05, 0.1) is 30.1 Å². The SMILES string of the molecule is COc1cc([C@@H]2[C@H]3C(=O)N(c4ccccc4)C(=O)[C@H]3ON2c2ccc(Cl)cc2)ccc1OC(=O)c1ccccc1. The van der Waals surface area contributed by atoms with E-state index in [1.165, 1.54) is 12.0 Å². The highest BCUT2D eigenvalue weighted by atomic mass is 35.5. The monoisotopic (exact) mass is 554 g/mol. The predicted octanol–water partition coefficient (Wildman–Crippen LogP) is 5.62. The van der Waals surface area contributed by atoms with Gasteiger partial charge in [0.15, 0.2) is 17.6 Å². The van der Waals surface area contributed by atoms with Gasteiger partial charge < -0.3 is 9.47 Å². The van der Waals surface area contributed by atoms with E-state index in [2.05, 4.69) is 0 Å². The van der Waals surface area contributed by atoms with Crippen molar-refractivity contribution in [1.82, 2.24) is 0 Å². The van der Waals surface area contributed by atoms with Crippen LogP contribution >= 0.6 is 11.6 Å². The van der Waals surface area contributed by atoms with Crippen LogP contribution in [0.2, 0.25) is 5.02 Å². The first kappa shape index (κ1) is 25.6. The Morgan fingerprint density at radius 3 is 2.15 bits per heavy atom. The number of hydrogen-bond acceptors (Lipinski definition) is 7. The summed E-state index contributed by atoms with van der Waals surface area (Å²) in [7, 11) is 1.46. The molecule has 0 saturated carbocycles. The van der Waals surface area contributed by atoms with E-state index in [0.29, 0.717) is 27.5 Å². The van der Waals surface area contributed by atoms with Crippen molar-refractivity contribution in [2.24, 2.45) is 5.92 Å². The number of amides is 2. The van der Waals surface area contributed by atoms with Crippen LogP contribution in [0.15, 0.2) is 103 Å². The predicted molar refractivity (Wildman–Crippen MR) is 148 cm³/mol. The normalized spacial score (nSPS) is 20.0. The van der Waals surface area contributed by atoms with Crippen molar-refractivity contribution in [3.63, 3.8) is 0 Å². The number of hydrogen-bond donors (Lipinski definition) is 0. The Morgan fingerprint density at radius 2 is 1.48 bits per heavy atom. The van der Waals surface area contributed by atoms with Crippen LogP contribution < -0.4 is 19.4 Å². The van der Waals surface area contributed by atoms with E-state index in [-0.39, 0.29) is 17.4 Å². The minimum Gasteiger partial charge on any atom is -0.493 e. The van der Waals surface area contributed by atoms with Gasteiger partial charge in [0, 0.05) is 5.02 Å². The van der Waals surface area contributed by atoms with Gasteiger partial charge in [-0.05, 0) is 66.2 Å². The first-order chi connectivity index (χ1) is 19.5. The molecule has 2 amide bonds. The van der Waals surface area contributed by atoms with Crippen LogP contribution in [0.3, 0.4) is 0 Å². The fraction of sp³-hybridized carbons (Fsp3) is 0.129. The molecular weight excluding hydrogens is 532 g/mol. The number of nitrogens with zero attached hydrogens (tertiary/aromatic N) is 2. The van der Waals surface area contributed by atoms with E-state index in [9.17, 15) is 14.4 Å². The van der Waals surface area contributed by atoms with Gasteiger partial charge in [-0.25, -0.2) is 14.8 Å². The van der Waals surface area contributed by atoms with Gasteiger partial charge in [0.25, 0.3) is 5.91 Å². The van der Waals surface area contributed by atoms with Crippen LogP contribution in [0, 0.1) is 5.92 Å². The third-order valence-corrected chi connectivity index (χ3v) is 7.20. The van der Waals surface area contributed by atoms with E-state index in [1.54, 1.807) is 96.1 Å². The Hall–Kier alpha value is -4.66. The number of methoxy groups -OCH3 is 1. The molecule has 200 valence electrons. The molecule has 2 aliphatic heterocycles. The Labute approximate surface area is 235 Å². The minimum atomic E-state index is -1.03. The molecule has 6 rings (SSSR count). The lowest BCUT2D eigenvalue weighted by Gasteiger charge is -2.29. The van der Waals surface area contributed by atoms with Crippen molar-refractivity contribution < 1.29 is 28.7 Å². The highest BCUT2D eigenvalue weighted by Gasteiger charge is 2.60. The molecule has 9 heteroatoms. The summed E-state index contributed by atoms with van der Waals surface area (Å²) in [6.45, 7) is 0. The maximum absolute atomic E-state index is 13.8. The molecule has 40 heavy (non-hydrogen) atoms. The second-order valence-electron chi connectivity index (χ2n) is 9.31. The molecule has 4 aromatic rings. The van der Waals surface area contributed by atoms with Crippen molar-refractivity contribution >= 4 is 40.8 Å². The number of para-hydroxylation sites is 1. The van der Waals surface area contributed by atoms with E-state index < -0.39 is 29.9 Å². The number of rotatable bonds is 6. The topological polar surface area (TPSA) is 85.4 Å². The van der Waals surface area contributed by atoms with Crippen molar-refractivity contribution in [3.05, 3.63) is 119 Å². The number of anilines is 2. The maximum atomic E-state index is 13.8. The molecule has 2 fully saturated rings. The summed E-state index contributed by atoms with van der Waals surface area (Å²) in [6, 6.07) is 28.7. The number of benzene rings is 4. The number of carbonyl (C=O) groups is 3. The fourth-order valence-electron chi connectivity index (χ4n) is 5.08. The number of fused-ring (bicyclic) bond motifs is 1. The van der Waals surface area contributed by atoms with Crippen LogP contribution in [0.1, 0.15) is 22.0 Å². The molecule has 2 heterocycles. The van der Waals surface area contributed by atoms with E-state index in [1.807, 2.05) is 12.1 Å². The molecule has 2 aliphatic rings. The summed E-state index contributed by atoms with van der Waals surface area (Å²) in [4.78, 5) is 47.4. The zero-order valence-electron chi connectivity index (χ0n) is 21.3. The highest BCUT2D eigenvalue weighted by Crippen LogP contribution is 2.48. The van der Waals surface area contributed by atoms with Crippen molar-refractivity contribution in [2.75, 3.05) is 17.1 Å². The molecule has 0 spiro atoms. The van der Waals surface area contributed by atoms with Gasteiger partial charge in [-0.1, -0.05) is 54.1 Å². The molecule has 2 saturated heterocycles. The summed E-state index contributed by atoms with van der Waals surface area (Å²) in [5.74, 6) is -1.69. The zero-order chi connectivity index (χ0) is 27.8. The molecule has 0 unspecified atom stereocenters. The maximum Gasteiger partial charge on any atom is 0.343 e. The van der Waals surface area contributed by atoms with Crippen molar-refractivity contribution in [2.45, 2.75) is 12.1 Å². The third kappa shape index (κ3) is 4.47. The zero-order valence-corrected chi connectivity index (χ0v) is 22.0. The minimum absolute atomic E-state index is 0.216. The molecule has 4 aromatic carbocycles. The second-order valence-corrected chi connectivity index (χ2v) is 9.75. The van der Waals surface area contributed by atoms with E-state index in [0.717, 1.165) is 0 Å². The highest BCUT2D eigenvalue weighted by molar-refractivity contribution is 6.30. The van der Waals surface area contributed by atoms with Gasteiger partial charge in [-0.15, -0.1) is 0 Å². The molecular formula is C31H23ClN2O6. The van der Waals surface area contributed by atoms with Crippen LogP contribution in [0.5, 0.6) is 11.5 Å². The van der Waals surface area contributed by atoms with Gasteiger partial charge in [0.1, 0.15) is 5.92 Å². The van der Waals surface area contributed by atoms with Crippen molar-refractivity contribution in [3.8, 4) is 11.5 Å². The Bertz CT molecular complexity index is 1580. The molecule has 0 bridgehead atoms. The first-order valence-corrected chi connectivity index (χ1v) is 12.9. The van der Waals surface area contributed by atoms with Crippen LogP contribution in [-0.4, -0.2) is 31.0 Å². The van der Waals surface area contributed by atoms with Gasteiger partial charge >= 0.3 is 5.97 Å². The number of ether oxygens (including phenoxy) is 2. The van der Waals surface area contributed by atoms with Gasteiger partial charge in [-0.2, -0.15) is 0 Å².